The number of nitrogens with one attached hydrogen (secondary N) is 1. The lowest BCUT2D eigenvalue weighted by molar-refractivity contribution is -0.130. The number of rotatable bonds is 5. The zero-order valence-corrected chi connectivity index (χ0v) is 15.3. The molecule has 0 saturated carbocycles. The molecule has 0 radical (unpaired) electrons. The number of aromatic amines is 1. The first-order valence-corrected chi connectivity index (χ1v) is 8.69. The first kappa shape index (κ1) is 17.6. The maximum absolute atomic E-state index is 12.7. The summed E-state index contributed by atoms with van der Waals surface area (Å²) >= 11 is 0. The first-order chi connectivity index (χ1) is 11.8. The van der Waals surface area contributed by atoms with E-state index in [1.54, 1.807) is 4.90 Å². The molecule has 0 unspecified atom stereocenters. The first-order valence-electron chi connectivity index (χ1n) is 8.69. The summed E-state index contributed by atoms with van der Waals surface area (Å²) in [6.07, 6.45) is 2.29. The standard InChI is InChI=1S/C17H26N6O2/c1-11(2)9-23-13(4)14(12(3)20-23)7-16(24)22-6-5-17(25,10-22)15-8-18-21-19-15/h8,11,25H,5-7,9-10H2,1-4H3,(H,18,19,21)/t17-/m1/s1. The number of H-pyrrole nitrogens is 1. The number of aliphatic hydroxyl groups is 1. The van der Waals surface area contributed by atoms with Crippen LogP contribution in [0.2, 0.25) is 0 Å². The fraction of sp³-hybridized carbons (Fsp3) is 0.647. The van der Waals surface area contributed by atoms with E-state index in [2.05, 4.69) is 34.4 Å². The van der Waals surface area contributed by atoms with Crippen molar-refractivity contribution in [2.24, 2.45) is 5.92 Å². The second-order valence-corrected chi connectivity index (χ2v) is 7.35. The molecule has 25 heavy (non-hydrogen) atoms. The molecular formula is C17H26N6O2. The summed E-state index contributed by atoms with van der Waals surface area (Å²) in [6, 6.07) is 0. The van der Waals surface area contributed by atoms with E-state index >= 15 is 0 Å². The van der Waals surface area contributed by atoms with Gasteiger partial charge in [0.25, 0.3) is 0 Å². The van der Waals surface area contributed by atoms with Crippen molar-refractivity contribution in [3.63, 3.8) is 0 Å². The number of hydrogen-bond donors (Lipinski definition) is 2. The Morgan fingerprint density at radius 3 is 2.84 bits per heavy atom. The summed E-state index contributed by atoms with van der Waals surface area (Å²) < 4.78 is 1.98. The summed E-state index contributed by atoms with van der Waals surface area (Å²) in [5.41, 5.74) is 2.31. The molecule has 2 aromatic heterocycles. The lowest BCUT2D eigenvalue weighted by Crippen LogP contribution is -2.35. The van der Waals surface area contributed by atoms with Crippen LogP contribution in [0.4, 0.5) is 0 Å². The maximum Gasteiger partial charge on any atom is 0.227 e. The van der Waals surface area contributed by atoms with Crippen molar-refractivity contribution in [1.29, 1.82) is 0 Å². The van der Waals surface area contributed by atoms with Crippen LogP contribution in [0.1, 0.15) is 42.9 Å². The highest BCUT2D eigenvalue weighted by molar-refractivity contribution is 5.79. The predicted octanol–water partition coefficient (Wildman–Crippen LogP) is 0.937. The van der Waals surface area contributed by atoms with E-state index in [-0.39, 0.29) is 12.5 Å². The van der Waals surface area contributed by atoms with Gasteiger partial charge in [-0.15, -0.1) is 0 Å². The van der Waals surface area contributed by atoms with Crippen molar-refractivity contribution < 1.29 is 9.90 Å². The Balaban J connectivity index is 1.70. The number of likely N-dealkylation sites (tertiary alicyclic amines) is 1. The summed E-state index contributed by atoms with van der Waals surface area (Å²) in [4.78, 5) is 14.4. The second-order valence-electron chi connectivity index (χ2n) is 7.35. The highest BCUT2D eigenvalue weighted by Crippen LogP contribution is 2.30. The third-order valence-electron chi connectivity index (χ3n) is 4.89. The van der Waals surface area contributed by atoms with Crippen LogP contribution in [0.5, 0.6) is 0 Å². The van der Waals surface area contributed by atoms with Gasteiger partial charge >= 0.3 is 0 Å². The van der Waals surface area contributed by atoms with E-state index in [1.165, 1.54) is 6.20 Å². The maximum atomic E-state index is 12.7. The number of aryl methyl sites for hydroxylation is 1. The van der Waals surface area contributed by atoms with E-state index in [1.807, 2.05) is 18.5 Å². The molecular weight excluding hydrogens is 320 g/mol. The van der Waals surface area contributed by atoms with Crippen LogP contribution in [0.15, 0.2) is 6.20 Å². The Kier molecular flexibility index (Phi) is 4.64. The number of hydrogen-bond acceptors (Lipinski definition) is 5. The summed E-state index contributed by atoms with van der Waals surface area (Å²) in [6.45, 7) is 9.86. The molecule has 0 aliphatic carbocycles. The van der Waals surface area contributed by atoms with E-state index in [4.69, 9.17) is 0 Å². The number of amides is 1. The monoisotopic (exact) mass is 346 g/mol. The van der Waals surface area contributed by atoms with E-state index in [0.29, 0.717) is 31.0 Å². The Hall–Kier alpha value is -2.22. The molecule has 2 aromatic rings. The van der Waals surface area contributed by atoms with Gasteiger partial charge in [-0.05, 0) is 19.8 Å². The topological polar surface area (TPSA) is 99.9 Å². The van der Waals surface area contributed by atoms with Crippen LogP contribution in [0, 0.1) is 19.8 Å². The molecule has 1 aliphatic heterocycles. The van der Waals surface area contributed by atoms with Crippen molar-refractivity contribution in [1.82, 2.24) is 30.1 Å². The Labute approximate surface area is 147 Å². The molecule has 3 heterocycles. The fourth-order valence-corrected chi connectivity index (χ4v) is 3.42. The van der Waals surface area contributed by atoms with E-state index in [9.17, 15) is 9.90 Å². The number of β-amino-alcohol motifs (C(OH)–C–C–N with tert-alkyl or cyclic N) is 1. The second kappa shape index (κ2) is 6.59. The van der Waals surface area contributed by atoms with Gasteiger partial charge in [0.1, 0.15) is 11.3 Å². The van der Waals surface area contributed by atoms with E-state index < -0.39 is 5.60 Å². The van der Waals surface area contributed by atoms with Gasteiger partial charge in [-0.1, -0.05) is 13.8 Å². The van der Waals surface area contributed by atoms with Crippen LogP contribution in [-0.4, -0.2) is 54.2 Å². The van der Waals surface area contributed by atoms with Crippen molar-refractivity contribution in [3.05, 3.63) is 28.8 Å². The van der Waals surface area contributed by atoms with Gasteiger partial charge in [-0.25, -0.2) is 0 Å². The zero-order chi connectivity index (χ0) is 18.2. The predicted molar refractivity (Wildman–Crippen MR) is 91.7 cm³/mol. The van der Waals surface area contributed by atoms with Gasteiger partial charge in [0, 0.05) is 30.8 Å². The SMILES string of the molecule is Cc1nn(CC(C)C)c(C)c1CC(=O)N1CC[C@](O)(c2cn[nH]n2)C1. The molecule has 1 fully saturated rings. The Morgan fingerprint density at radius 2 is 2.20 bits per heavy atom. The highest BCUT2D eigenvalue weighted by atomic mass is 16.3. The molecule has 8 heteroatoms. The van der Waals surface area contributed by atoms with Gasteiger partial charge in [0.15, 0.2) is 0 Å². The molecule has 1 aliphatic rings. The molecule has 2 N–H and O–H groups in total. The van der Waals surface area contributed by atoms with Gasteiger partial charge < -0.3 is 10.0 Å². The van der Waals surface area contributed by atoms with Gasteiger partial charge in [-0.2, -0.15) is 20.5 Å². The van der Waals surface area contributed by atoms with E-state index in [0.717, 1.165) is 23.5 Å². The molecule has 3 rings (SSSR count). The van der Waals surface area contributed by atoms with Gasteiger partial charge in [-0.3, -0.25) is 9.48 Å². The molecule has 136 valence electrons. The number of carbonyl (C=O) groups excluding carboxylic acids is 1. The molecule has 1 saturated heterocycles. The minimum atomic E-state index is -1.12. The van der Waals surface area contributed by atoms with Crippen LogP contribution < -0.4 is 0 Å². The van der Waals surface area contributed by atoms with Gasteiger partial charge in [0.05, 0.1) is 24.9 Å². The van der Waals surface area contributed by atoms with Crippen molar-refractivity contribution in [2.75, 3.05) is 13.1 Å². The molecule has 0 aromatic carbocycles. The van der Waals surface area contributed by atoms with Crippen LogP contribution >= 0.6 is 0 Å². The largest absolute Gasteiger partial charge is 0.381 e. The average molecular weight is 346 g/mol. The summed E-state index contributed by atoms with van der Waals surface area (Å²) in [5, 5.41) is 25.5. The lowest BCUT2D eigenvalue weighted by Gasteiger charge is -2.21. The Bertz CT molecular complexity index is 752. The van der Waals surface area contributed by atoms with Crippen molar-refractivity contribution >= 4 is 5.91 Å². The zero-order valence-electron chi connectivity index (χ0n) is 15.3. The molecule has 0 bridgehead atoms. The third kappa shape index (κ3) is 3.44. The van der Waals surface area contributed by atoms with Crippen LogP contribution in [0.25, 0.3) is 0 Å². The fourth-order valence-electron chi connectivity index (χ4n) is 3.42. The Morgan fingerprint density at radius 1 is 1.44 bits per heavy atom. The average Bonchev–Trinajstić information content (AvgIpc) is 3.25. The number of aromatic nitrogens is 5. The van der Waals surface area contributed by atoms with Gasteiger partial charge in [0.2, 0.25) is 5.91 Å². The number of nitrogens with zero attached hydrogens (tertiary/aromatic N) is 5. The smallest absolute Gasteiger partial charge is 0.227 e. The minimum absolute atomic E-state index is 0.00900. The minimum Gasteiger partial charge on any atom is -0.381 e. The molecule has 0 spiro atoms. The lowest BCUT2D eigenvalue weighted by atomic mass is 10.00. The van der Waals surface area contributed by atoms with Crippen LogP contribution in [0.3, 0.4) is 0 Å². The molecule has 1 amide bonds. The third-order valence-corrected chi connectivity index (χ3v) is 4.89. The van der Waals surface area contributed by atoms with Crippen molar-refractivity contribution in [3.8, 4) is 0 Å². The summed E-state index contributed by atoms with van der Waals surface area (Å²) in [5.74, 6) is 0.507. The molecule has 8 nitrogen and oxygen atoms in total. The summed E-state index contributed by atoms with van der Waals surface area (Å²) in [7, 11) is 0. The van der Waals surface area contributed by atoms with Crippen LogP contribution in [-0.2, 0) is 23.4 Å². The normalized spacial score (nSPS) is 20.6. The number of carbonyl (C=O) groups is 1. The molecule has 1 atom stereocenters. The quantitative estimate of drug-likeness (QED) is 0.839. The van der Waals surface area contributed by atoms with Crippen molar-refractivity contribution in [2.45, 2.75) is 52.7 Å². The highest BCUT2D eigenvalue weighted by Gasteiger charge is 2.41.